The van der Waals surface area contributed by atoms with Gasteiger partial charge < -0.3 is 20.5 Å². The maximum absolute atomic E-state index is 14.2. The molecular weight excluding hydrogens is 463 g/mol. The van der Waals surface area contributed by atoms with Crippen LogP contribution in [0.4, 0.5) is 10.2 Å². The molecule has 0 bridgehead atoms. The number of benzene rings is 1. The standard InChI is InChI=1S/C24H26ClFN4O4/c25-18-12-15(14-27)13-19(26)21(18)23(31)30-20(24(32)33)8-11-34-10-2-1-5-17-7-6-16-4-3-9-28-22(16)29-17/h6-7,12-13,20H,1-5,8-11H2,(H,28,29)(H,30,31)(H,32,33). The minimum atomic E-state index is -1.27. The molecule has 3 rings (SSSR count). The normalized spacial score (nSPS) is 13.3. The van der Waals surface area contributed by atoms with Crippen molar-refractivity contribution in [1.82, 2.24) is 10.3 Å². The van der Waals surface area contributed by atoms with Crippen molar-refractivity contribution < 1.29 is 23.8 Å². The third-order valence-corrected chi connectivity index (χ3v) is 5.77. The number of anilines is 1. The first-order valence-corrected chi connectivity index (χ1v) is 11.5. The van der Waals surface area contributed by atoms with E-state index < -0.39 is 29.3 Å². The predicted molar refractivity (Wildman–Crippen MR) is 124 cm³/mol. The van der Waals surface area contributed by atoms with Crippen LogP contribution in [0.3, 0.4) is 0 Å². The number of aliphatic carboxylic acids is 1. The lowest BCUT2D eigenvalue weighted by Crippen LogP contribution is -2.42. The Morgan fingerprint density at radius 2 is 2.15 bits per heavy atom. The lowest BCUT2D eigenvalue weighted by Gasteiger charge is -2.17. The van der Waals surface area contributed by atoms with Crippen LogP contribution >= 0.6 is 11.6 Å². The fraction of sp³-hybridized carbons (Fsp3) is 0.417. The number of nitrogens with zero attached hydrogens (tertiary/aromatic N) is 2. The molecule has 1 aromatic carbocycles. The van der Waals surface area contributed by atoms with Crippen LogP contribution in [0, 0.1) is 17.1 Å². The molecule has 8 nitrogen and oxygen atoms in total. The zero-order valence-corrected chi connectivity index (χ0v) is 19.3. The molecule has 2 aromatic rings. The Morgan fingerprint density at radius 3 is 2.88 bits per heavy atom. The topological polar surface area (TPSA) is 124 Å². The number of unbranched alkanes of at least 4 members (excludes halogenated alkanes) is 1. The monoisotopic (exact) mass is 488 g/mol. The van der Waals surface area contributed by atoms with Crippen molar-refractivity contribution in [2.45, 2.75) is 44.6 Å². The van der Waals surface area contributed by atoms with Crippen molar-refractivity contribution in [2.24, 2.45) is 0 Å². The van der Waals surface area contributed by atoms with Gasteiger partial charge in [0.1, 0.15) is 17.7 Å². The third-order valence-electron chi connectivity index (χ3n) is 5.48. The molecule has 1 atom stereocenters. The Bertz CT molecular complexity index is 1070. The van der Waals surface area contributed by atoms with Gasteiger partial charge >= 0.3 is 5.97 Å². The minimum absolute atomic E-state index is 0.00857. The van der Waals surface area contributed by atoms with Gasteiger partial charge in [-0.2, -0.15) is 5.26 Å². The number of fused-ring (bicyclic) bond motifs is 1. The number of nitriles is 1. The molecule has 1 aliphatic heterocycles. The number of ether oxygens (including phenoxy) is 1. The van der Waals surface area contributed by atoms with Crippen LogP contribution in [-0.4, -0.2) is 47.8 Å². The van der Waals surface area contributed by atoms with E-state index in [1.165, 1.54) is 5.56 Å². The summed E-state index contributed by atoms with van der Waals surface area (Å²) in [5.41, 5.74) is 1.73. The maximum atomic E-state index is 14.2. The van der Waals surface area contributed by atoms with Gasteiger partial charge in [-0.25, -0.2) is 14.2 Å². The first-order chi connectivity index (χ1) is 16.4. The second-order valence-electron chi connectivity index (χ2n) is 7.99. The van der Waals surface area contributed by atoms with Gasteiger partial charge in [0.15, 0.2) is 0 Å². The Hall–Kier alpha value is -3.22. The van der Waals surface area contributed by atoms with Crippen LogP contribution in [0.1, 0.15) is 52.9 Å². The zero-order valence-electron chi connectivity index (χ0n) is 18.6. The highest BCUT2D eigenvalue weighted by Crippen LogP contribution is 2.22. The number of amides is 1. The lowest BCUT2D eigenvalue weighted by atomic mass is 10.1. The number of rotatable bonds is 11. The van der Waals surface area contributed by atoms with Crippen LogP contribution in [-0.2, 0) is 22.4 Å². The van der Waals surface area contributed by atoms with E-state index in [4.69, 9.17) is 21.6 Å². The molecule has 0 fully saturated rings. The summed E-state index contributed by atoms with van der Waals surface area (Å²) in [6.45, 7) is 1.51. The number of aromatic nitrogens is 1. The van der Waals surface area contributed by atoms with Crippen LogP contribution < -0.4 is 10.6 Å². The third kappa shape index (κ3) is 6.89. The van der Waals surface area contributed by atoms with Gasteiger partial charge in [0.05, 0.1) is 22.2 Å². The Labute approximate surface area is 202 Å². The molecule has 10 heteroatoms. The molecule has 0 saturated carbocycles. The van der Waals surface area contributed by atoms with E-state index in [0.29, 0.717) is 6.61 Å². The highest BCUT2D eigenvalue weighted by atomic mass is 35.5. The van der Waals surface area contributed by atoms with Gasteiger partial charge in [-0.3, -0.25) is 4.79 Å². The lowest BCUT2D eigenvalue weighted by molar-refractivity contribution is -0.139. The molecule has 2 heterocycles. The summed E-state index contributed by atoms with van der Waals surface area (Å²) >= 11 is 5.89. The molecule has 34 heavy (non-hydrogen) atoms. The number of hydrogen-bond acceptors (Lipinski definition) is 6. The second-order valence-corrected chi connectivity index (χ2v) is 8.40. The van der Waals surface area contributed by atoms with E-state index in [1.54, 1.807) is 6.07 Å². The molecule has 1 unspecified atom stereocenters. The number of carbonyl (C=O) groups is 2. The van der Waals surface area contributed by atoms with Crippen LogP contribution in [0.5, 0.6) is 0 Å². The summed E-state index contributed by atoms with van der Waals surface area (Å²) in [5.74, 6) is -2.25. The van der Waals surface area contributed by atoms with Crippen molar-refractivity contribution in [3.63, 3.8) is 0 Å². The molecule has 0 radical (unpaired) electrons. The van der Waals surface area contributed by atoms with Crippen molar-refractivity contribution in [2.75, 3.05) is 25.1 Å². The molecule has 0 saturated heterocycles. The van der Waals surface area contributed by atoms with E-state index >= 15 is 0 Å². The molecule has 180 valence electrons. The average Bonchev–Trinajstić information content (AvgIpc) is 2.81. The van der Waals surface area contributed by atoms with E-state index in [-0.39, 0.29) is 23.6 Å². The number of carboxylic acid groups (broad SMARTS) is 1. The van der Waals surface area contributed by atoms with E-state index in [1.807, 2.05) is 0 Å². The Balaban J connectivity index is 1.39. The summed E-state index contributed by atoms with van der Waals surface area (Å²) in [5, 5.41) is 23.5. The summed E-state index contributed by atoms with van der Waals surface area (Å²) in [7, 11) is 0. The fourth-order valence-corrected chi connectivity index (χ4v) is 3.96. The Kier molecular flexibility index (Phi) is 9.19. The van der Waals surface area contributed by atoms with Gasteiger partial charge in [0.25, 0.3) is 5.91 Å². The van der Waals surface area contributed by atoms with Crippen molar-refractivity contribution in [3.8, 4) is 6.07 Å². The molecule has 1 aromatic heterocycles. The molecule has 0 aliphatic carbocycles. The van der Waals surface area contributed by atoms with E-state index in [2.05, 4.69) is 27.8 Å². The van der Waals surface area contributed by atoms with Gasteiger partial charge in [0, 0.05) is 31.9 Å². The summed E-state index contributed by atoms with van der Waals surface area (Å²) in [4.78, 5) is 28.5. The largest absolute Gasteiger partial charge is 0.480 e. The SMILES string of the molecule is N#Cc1cc(F)c(C(=O)NC(CCOCCCCc2ccc3c(n2)NCCC3)C(=O)O)c(Cl)c1. The smallest absolute Gasteiger partial charge is 0.326 e. The highest BCUT2D eigenvalue weighted by Gasteiger charge is 2.24. The van der Waals surface area contributed by atoms with Crippen LogP contribution in [0.15, 0.2) is 24.3 Å². The van der Waals surface area contributed by atoms with Crippen molar-refractivity contribution in [1.29, 1.82) is 5.26 Å². The van der Waals surface area contributed by atoms with E-state index in [0.717, 1.165) is 62.3 Å². The summed E-state index contributed by atoms with van der Waals surface area (Å²) in [6, 6.07) is 6.65. The summed E-state index contributed by atoms with van der Waals surface area (Å²) in [6.07, 6.45) is 4.66. The van der Waals surface area contributed by atoms with Gasteiger partial charge in [-0.15, -0.1) is 0 Å². The molecular formula is C24H26ClFN4O4. The first kappa shape index (κ1) is 25.4. The maximum Gasteiger partial charge on any atom is 0.326 e. The zero-order chi connectivity index (χ0) is 24.5. The number of pyridine rings is 1. The number of hydrogen-bond donors (Lipinski definition) is 3. The molecule has 1 amide bonds. The van der Waals surface area contributed by atoms with Crippen molar-refractivity contribution in [3.05, 3.63) is 57.5 Å². The predicted octanol–water partition coefficient (Wildman–Crippen LogP) is 3.72. The number of carbonyl (C=O) groups excluding carboxylic acids is 1. The Morgan fingerprint density at radius 1 is 1.32 bits per heavy atom. The van der Waals surface area contributed by atoms with E-state index in [9.17, 15) is 19.1 Å². The number of aryl methyl sites for hydroxylation is 2. The minimum Gasteiger partial charge on any atom is -0.480 e. The molecule has 0 spiro atoms. The highest BCUT2D eigenvalue weighted by molar-refractivity contribution is 6.34. The van der Waals surface area contributed by atoms with Gasteiger partial charge in [-0.1, -0.05) is 17.7 Å². The van der Waals surface area contributed by atoms with Crippen LogP contribution in [0.2, 0.25) is 5.02 Å². The summed E-state index contributed by atoms with van der Waals surface area (Å²) < 4.78 is 19.7. The van der Waals surface area contributed by atoms with Gasteiger partial charge in [0.2, 0.25) is 0 Å². The number of halogens is 2. The van der Waals surface area contributed by atoms with Crippen LogP contribution in [0.25, 0.3) is 0 Å². The number of nitrogens with one attached hydrogen (secondary N) is 2. The fourth-order valence-electron chi connectivity index (χ4n) is 3.66. The average molecular weight is 489 g/mol. The quantitative estimate of drug-likeness (QED) is 0.412. The molecule has 1 aliphatic rings. The second kappa shape index (κ2) is 12.3. The first-order valence-electron chi connectivity index (χ1n) is 11.1. The number of carboxylic acids is 1. The van der Waals surface area contributed by atoms with Crippen molar-refractivity contribution >= 4 is 29.3 Å². The van der Waals surface area contributed by atoms with Gasteiger partial charge in [-0.05, 0) is 55.9 Å². The molecule has 3 N–H and O–H groups in total.